The fourth-order valence-corrected chi connectivity index (χ4v) is 2.60. The number of imidazole rings is 1. The van der Waals surface area contributed by atoms with Gasteiger partial charge in [-0.2, -0.15) is 0 Å². The van der Waals surface area contributed by atoms with Gasteiger partial charge in [-0.1, -0.05) is 18.2 Å². The summed E-state index contributed by atoms with van der Waals surface area (Å²) in [6.07, 6.45) is 2.11. The molecule has 1 atom stereocenters. The summed E-state index contributed by atoms with van der Waals surface area (Å²) >= 11 is 0. The van der Waals surface area contributed by atoms with E-state index in [4.69, 9.17) is 4.98 Å². The van der Waals surface area contributed by atoms with Gasteiger partial charge >= 0.3 is 0 Å². The first kappa shape index (κ1) is 12.2. The fraction of sp³-hybridized carbons (Fsp3) is 0.400. The Morgan fingerprint density at radius 2 is 2.05 bits per heavy atom. The molecule has 0 radical (unpaired) electrons. The highest BCUT2D eigenvalue weighted by molar-refractivity contribution is 5.45. The number of hydrogen-bond donors (Lipinski definition) is 1. The van der Waals surface area contributed by atoms with E-state index in [9.17, 15) is 0 Å². The van der Waals surface area contributed by atoms with E-state index < -0.39 is 0 Å². The number of nitrogens with zero attached hydrogens (tertiary/aromatic N) is 3. The van der Waals surface area contributed by atoms with Gasteiger partial charge in [0, 0.05) is 37.6 Å². The summed E-state index contributed by atoms with van der Waals surface area (Å²) in [5.74, 6) is 1.05. The predicted octanol–water partition coefficient (Wildman–Crippen LogP) is 1.98. The van der Waals surface area contributed by atoms with Crippen LogP contribution in [0, 0.1) is 6.92 Å². The molecule has 1 aromatic carbocycles. The van der Waals surface area contributed by atoms with E-state index in [0.29, 0.717) is 6.04 Å². The van der Waals surface area contributed by atoms with Crippen LogP contribution < -0.4 is 10.2 Å². The summed E-state index contributed by atoms with van der Waals surface area (Å²) < 4.78 is 2.19. The Kier molecular flexibility index (Phi) is 3.25. The van der Waals surface area contributed by atoms with E-state index in [1.165, 1.54) is 5.69 Å². The molecular formula is C15H20N4. The van der Waals surface area contributed by atoms with Gasteiger partial charge in [-0.05, 0) is 26.0 Å². The third-order valence-electron chi connectivity index (χ3n) is 3.49. The zero-order valence-corrected chi connectivity index (χ0v) is 11.5. The van der Waals surface area contributed by atoms with E-state index in [2.05, 4.69) is 59.1 Å². The molecule has 4 heteroatoms. The van der Waals surface area contributed by atoms with Crippen LogP contribution in [0.1, 0.15) is 12.6 Å². The van der Waals surface area contributed by atoms with Crippen molar-refractivity contribution in [3.05, 3.63) is 42.2 Å². The molecular weight excluding hydrogens is 236 g/mol. The Hall–Kier alpha value is -1.81. The molecule has 0 aliphatic carbocycles. The number of para-hydroxylation sites is 1. The van der Waals surface area contributed by atoms with Gasteiger partial charge in [0.1, 0.15) is 0 Å². The molecule has 2 aromatic rings. The van der Waals surface area contributed by atoms with E-state index in [1.807, 2.05) is 6.07 Å². The molecule has 0 bridgehead atoms. The van der Waals surface area contributed by atoms with Gasteiger partial charge in [0.2, 0.25) is 5.95 Å². The van der Waals surface area contributed by atoms with Crippen LogP contribution in [0.25, 0.3) is 5.69 Å². The first-order valence-corrected chi connectivity index (χ1v) is 6.84. The van der Waals surface area contributed by atoms with E-state index in [-0.39, 0.29) is 0 Å². The third-order valence-corrected chi connectivity index (χ3v) is 3.49. The Bertz CT molecular complexity index is 547. The second kappa shape index (κ2) is 5.05. The SMILES string of the molecule is Cc1cn(-c2ccccc2)c(N2CCN[C@@H](C)C2)n1. The molecule has 1 N–H and O–H groups in total. The Morgan fingerprint density at radius 3 is 2.79 bits per heavy atom. The predicted molar refractivity (Wildman–Crippen MR) is 78.0 cm³/mol. The number of benzene rings is 1. The molecule has 0 spiro atoms. The molecule has 100 valence electrons. The maximum absolute atomic E-state index is 4.71. The summed E-state index contributed by atoms with van der Waals surface area (Å²) in [4.78, 5) is 7.07. The van der Waals surface area contributed by atoms with Crippen molar-refractivity contribution < 1.29 is 0 Å². The first-order valence-electron chi connectivity index (χ1n) is 6.84. The van der Waals surface area contributed by atoms with Gasteiger partial charge in [0.05, 0.1) is 5.69 Å². The van der Waals surface area contributed by atoms with Crippen LogP contribution in [0.3, 0.4) is 0 Å². The van der Waals surface area contributed by atoms with Crippen LogP contribution in [0.5, 0.6) is 0 Å². The lowest BCUT2D eigenvalue weighted by atomic mass is 10.2. The number of rotatable bonds is 2. The summed E-state index contributed by atoms with van der Waals surface area (Å²) in [6.45, 7) is 7.29. The van der Waals surface area contributed by atoms with Gasteiger partial charge in [-0.25, -0.2) is 4.98 Å². The Labute approximate surface area is 114 Å². The van der Waals surface area contributed by atoms with Crippen molar-refractivity contribution >= 4 is 5.95 Å². The summed E-state index contributed by atoms with van der Waals surface area (Å²) in [6, 6.07) is 10.9. The second-order valence-electron chi connectivity index (χ2n) is 5.19. The van der Waals surface area contributed by atoms with Gasteiger partial charge in [-0.15, -0.1) is 0 Å². The number of nitrogens with one attached hydrogen (secondary N) is 1. The molecule has 1 fully saturated rings. The average Bonchev–Trinajstić information content (AvgIpc) is 2.82. The highest BCUT2D eigenvalue weighted by Crippen LogP contribution is 2.21. The van der Waals surface area contributed by atoms with Crippen molar-refractivity contribution in [2.45, 2.75) is 19.9 Å². The van der Waals surface area contributed by atoms with Crippen molar-refractivity contribution in [2.24, 2.45) is 0 Å². The molecule has 1 aliphatic heterocycles. The number of hydrogen-bond acceptors (Lipinski definition) is 3. The fourth-order valence-electron chi connectivity index (χ4n) is 2.60. The van der Waals surface area contributed by atoms with Crippen molar-refractivity contribution in [1.29, 1.82) is 0 Å². The highest BCUT2D eigenvalue weighted by Gasteiger charge is 2.20. The average molecular weight is 256 g/mol. The largest absolute Gasteiger partial charge is 0.339 e. The normalized spacial score (nSPS) is 19.7. The van der Waals surface area contributed by atoms with Crippen LogP contribution in [0.4, 0.5) is 5.95 Å². The number of aryl methyl sites for hydroxylation is 1. The third kappa shape index (κ3) is 2.49. The van der Waals surface area contributed by atoms with E-state index >= 15 is 0 Å². The number of aromatic nitrogens is 2. The molecule has 1 aliphatic rings. The van der Waals surface area contributed by atoms with Crippen LogP contribution in [-0.4, -0.2) is 35.2 Å². The minimum Gasteiger partial charge on any atom is -0.339 e. The summed E-state index contributed by atoms with van der Waals surface area (Å²) in [5, 5.41) is 3.47. The monoisotopic (exact) mass is 256 g/mol. The molecule has 1 saturated heterocycles. The zero-order chi connectivity index (χ0) is 13.2. The van der Waals surface area contributed by atoms with Crippen LogP contribution in [-0.2, 0) is 0 Å². The minimum absolute atomic E-state index is 0.509. The molecule has 2 heterocycles. The first-order chi connectivity index (χ1) is 9.24. The van der Waals surface area contributed by atoms with Crippen molar-refractivity contribution in [2.75, 3.05) is 24.5 Å². The maximum Gasteiger partial charge on any atom is 0.210 e. The maximum atomic E-state index is 4.71. The summed E-state index contributed by atoms with van der Waals surface area (Å²) in [7, 11) is 0. The lowest BCUT2D eigenvalue weighted by Crippen LogP contribution is -2.50. The lowest BCUT2D eigenvalue weighted by molar-refractivity contribution is 0.478. The molecule has 0 unspecified atom stereocenters. The Morgan fingerprint density at radius 1 is 1.26 bits per heavy atom. The van der Waals surface area contributed by atoms with Crippen LogP contribution >= 0.6 is 0 Å². The number of anilines is 1. The molecule has 1 aromatic heterocycles. The molecule has 0 saturated carbocycles. The standard InChI is InChI=1S/C15H20N4/c1-12-10-18(9-8-16-12)15-17-13(2)11-19(15)14-6-4-3-5-7-14/h3-7,11-12,16H,8-10H2,1-2H3/t12-/m0/s1. The van der Waals surface area contributed by atoms with E-state index in [0.717, 1.165) is 31.3 Å². The van der Waals surface area contributed by atoms with Gasteiger partial charge in [-0.3, -0.25) is 4.57 Å². The second-order valence-corrected chi connectivity index (χ2v) is 5.19. The topological polar surface area (TPSA) is 33.1 Å². The van der Waals surface area contributed by atoms with Gasteiger partial charge < -0.3 is 10.2 Å². The van der Waals surface area contributed by atoms with Crippen molar-refractivity contribution in [3.8, 4) is 5.69 Å². The Balaban J connectivity index is 1.97. The van der Waals surface area contributed by atoms with Crippen LogP contribution in [0.2, 0.25) is 0 Å². The molecule has 19 heavy (non-hydrogen) atoms. The van der Waals surface area contributed by atoms with Gasteiger partial charge in [0.25, 0.3) is 0 Å². The zero-order valence-electron chi connectivity index (χ0n) is 11.5. The molecule has 3 rings (SSSR count). The van der Waals surface area contributed by atoms with Crippen molar-refractivity contribution in [3.63, 3.8) is 0 Å². The summed E-state index contributed by atoms with van der Waals surface area (Å²) in [5.41, 5.74) is 2.23. The molecule has 4 nitrogen and oxygen atoms in total. The molecule has 0 amide bonds. The van der Waals surface area contributed by atoms with E-state index in [1.54, 1.807) is 0 Å². The smallest absolute Gasteiger partial charge is 0.210 e. The number of piperazine rings is 1. The van der Waals surface area contributed by atoms with Crippen LogP contribution in [0.15, 0.2) is 36.5 Å². The van der Waals surface area contributed by atoms with Gasteiger partial charge in [0.15, 0.2) is 0 Å². The lowest BCUT2D eigenvalue weighted by Gasteiger charge is -2.32. The minimum atomic E-state index is 0.509. The highest BCUT2D eigenvalue weighted by atomic mass is 15.3. The quantitative estimate of drug-likeness (QED) is 0.892. The van der Waals surface area contributed by atoms with Crippen molar-refractivity contribution in [1.82, 2.24) is 14.9 Å².